The fraction of sp³-hybridized carbons (Fsp3) is 0.357. The van der Waals surface area contributed by atoms with Crippen molar-refractivity contribution in [2.45, 2.75) is 20.4 Å². The second kappa shape index (κ2) is 6.78. The molecule has 2 aromatic rings. The zero-order valence-corrected chi connectivity index (χ0v) is 13.4. The predicted molar refractivity (Wildman–Crippen MR) is 80.6 cm³/mol. The normalized spacial score (nSPS) is 12.2. The Morgan fingerprint density at radius 1 is 1.26 bits per heavy atom. The van der Waals surface area contributed by atoms with E-state index < -0.39 is 25.8 Å². The number of benzene rings is 1. The Bertz CT molecular complexity index is 764. The summed E-state index contributed by atoms with van der Waals surface area (Å²) in [6.45, 7) is -0.0530. The fourth-order valence-electron chi connectivity index (χ4n) is 2.44. The molecule has 0 aliphatic heterocycles. The van der Waals surface area contributed by atoms with Crippen molar-refractivity contribution in [1.29, 1.82) is 0 Å². The second-order valence-corrected chi connectivity index (χ2v) is 6.46. The van der Waals surface area contributed by atoms with Crippen molar-refractivity contribution < 1.29 is 32.3 Å². The maximum absolute atomic E-state index is 13.4. The molecule has 0 spiro atoms. The summed E-state index contributed by atoms with van der Waals surface area (Å²) >= 11 is 0. The number of alkyl halides is 2. The van der Waals surface area contributed by atoms with Crippen molar-refractivity contribution in [3.8, 4) is 0 Å². The van der Waals surface area contributed by atoms with Gasteiger partial charge in [0.15, 0.2) is 0 Å². The molecule has 1 heterocycles. The monoisotopic (exact) mass is 347 g/mol. The summed E-state index contributed by atoms with van der Waals surface area (Å²) in [4.78, 5) is 11.6. The molecule has 2 rings (SSSR count). The quantitative estimate of drug-likeness (QED) is 0.774. The van der Waals surface area contributed by atoms with Gasteiger partial charge in [-0.25, -0.2) is 4.79 Å². The lowest BCUT2D eigenvalue weighted by Crippen LogP contribution is -2.21. The Morgan fingerprint density at radius 3 is 2.30 bits per heavy atom. The van der Waals surface area contributed by atoms with E-state index in [4.69, 9.17) is 9.05 Å². The van der Waals surface area contributed by atoms with Crippen LogP contribution in [0.4, 0.5) is 8.78 Å². The van der Waals surface area contributed by atoms with Gasteiger partial charge in [-0.1, -0.05) is 18.2 Å². The standard InChI is InChI=1S/C14H16F2NO5P/c1-3-21-23(20,22-4-2)12-9-7-5-6-8-10(9)17(14(15)16)11(12)13(18)19/h5-8,14H,3-4H2,1-2H3,(H,18,19). The lowest BCUT2D eigenvalue weighted by atomic mass is 10.2. The molecule has 6 nitrogen and oxygen atoms in total. The zero-order valence-electron chi connectivity index (χ0n) is 12.5. The molecule has 0 radical (unpaired) electrons. The van der Waals surface area contributed by atoms with Crippen molar-refractivity contribution in [2.24, 2.45) is 0 Å². The van der Waals surface area contributed by atoms with Crippen LogP contribution in [0.2, 0.25) is 0 Å². The van der Waals surface area contributed by atoms with Gasteiger partial charge in [0.2, 0.25) is 0 Å². The summed E-state index contributed by atoms with van der Waals surface area (Å²) in [5.74, 6) is -1.63. The van der Waals surface area contributed by atoms with E-state index in [2.05, 4.69) is 0 Å². The smallest absolute Gasteiger partial charge is 0.364 e. The van der Waals surface area contributed by atoms with Crippen molar-refractivity contribution in [3.63, 3.8) is 0 Å². The van der Waals surface area contributed by atoms with E-state index in [-0.39, 0.29) is 29.4 Å². The number of halogens is 2. The average Bonchev–Trinajstić information content (AvgIpc) is 2.83. The fourth-order valence-corrected chi connectivity index (χ4v) is 4.40. The summed E-state index contributed by atoms with van der Waals surface area (Å²) in [7, 11) is -4.06. The van der Waals surface area contributed by atoms with E-state index in [0.717, 1.165) is 0 Å². The number of aromatic carboxylic acids is 1. The van der Waals surface area contributed by atoms with Crippen LogP contribution >= 0.6 is 7.60 Å². The van der Waals surface area contributed by atoms with Gasteiger partial charge in [-0.3, -0.25) is 9.13 Å². The number of rotatable bonds is 7. The molecule has 0 amide bonds. The van der Waals surface area contributed by atoms with Crippen LogP contribution in [0.1, 0.15) is 30.9 Å². The highest BCUT2D eigenvalue weighted by Crippen LogP contribution is 2.50. The van der Waals surface area contributed by atoms with Gasteiger partial charge < -0.3 is 14.2 Å². The molecule has 0 aliphatic carbocycles. The molecule has 0 unspecified atom stereocenters. The molecule has 9 heteroatoms. The Hall–Kier alpha value is -1.76. The van der Waals surface area contributed by atoms with E-state index in [1.165, 1.54) is 24.3 Å². The summed E-state index contributed by atoms with van der Waals surface area (Å²) in [5, 5.41) is 9.17. The van der Waals surface area contributed by atoms with Gasteiger partial charge in [-0.05, 0) is 19.9 Å². The molecule has 126 valence electrons. The van der Waals surface area contributed by atoms with E-state index in [0.29, 0.717) is 4.57 Å². The third-order valence-corrected chi connectivity index (χ3v) is 5.35. The molecular weight excluding hydrogens is 331 g/mol. The van der Waals surface area contributed by atoms with Crippen LogP contribution in [0.5, 0.6) is 0 Å². The van der Waals surface area contributed by atoms with Crippen LogP contribution in [0.25, 0.3) is 10.9 Å². The lowest BCUT2D eigenvalue weighted by molar-refractivity contribution is 0.0553. The Morgan fingerprint density at radius 2 is 1.83 bits per heavy atom. The molecule has 0 saturated carbocycles. The van der Waals surface area contributed by atoms with Crippen LogP contribution in [0.15, 0.2) is 24.3 Å². The van der Waals surface area contributed by atoms with E-state index in [1.54, 1.807) is 13.8 Å². The molecule has 1 N–H and O–H groups in total. The Labute approximate surface area is 131 Å². The third kappa shape index (κ3) is 3.02. The maximum atomic E-state index is 13.4. The largest absolute Gasteiger partial charge is 0.477 e. The van der Waals surface area contributed by atoms with Gasteiger partial charge in [-0.2, -0.15) is 8.78 Å². The minimum Gasteiger partial charge on any atom is -0.477 e. The van der Waals surface area contributed by atoms with E-state index in [1.807, 2.05) is 0 Å². The number of carboxylic acid groups (broad SMARTS) is 1. The van der Waals surface area contributed by atoms with Gasteiger partial charge in [-0.15, -0.1) is 0 Å². The minimum atomic E-state index is -4.06. The van der Waals surface area contributed by atoms with Crippen LogP contribution in [-0.4, -0.2) is 28.9 Å². The number of aromatic nitrogens is 1. The van der Waals surface area contributed by atoms with Gasteiger partial charge in [0.25, 0.3) is 0 Å². The summed E-state index contributed by atoms with van der Waals surface area (Å²) in [6.07, 6.45) is 0. The molecule has 0 bridgehead atoms. The topological polar surface area (TPSA) is 77.8 Å². The number of nitrogens with zero attached hydrogens (tertiary/aromatic N) is 1. The minimum absolute atomic E-state index is 0.0233. The average molecular weight is 347 g/mol. The summed E-state index contributed by atoms with van der Waals surface area (Å²) in [6, 6.07) is 5.78. The summed E-state index contributed by atoms with van der Waals surface area (Å²) < 4.78 is 50.5. The van der Waals surface area contributed by atoms with Crippen molar-refractivity contribution in [1.82, 2.24) is 4.57 Å². The second-order valence-electron chi connectivity index (χ2n) is 4.50. The highest BCUT2D eigenvalue weighted by Gasteiger charge is 2.39. The first-order chi connectivity index (χ1) is 10.9. The van der Waals surface area contributed by atoms with Crippen LogP contribution < -0.4 is 5.30 Å². The van der Waals surface area contributed by atoms with Gasteiger partial charge in [0.05, 0.1) is 18.7 Å². The number of para-hydroxylation sites is 1. The molecule has 0 atom stereocenters. The van der Waals surface area contributed by atoms with Crippen molar-refractivity contribution in [2.75, 3.05) is 13.2 Å². The third-order valence-electron chi connectivity index (χ3n) is 3.15. The molecule has 1 aromatic heterocycles. The molecule has 0 fully saturated rings. The van der Waals surface area contributed by atoms with Crippen LogP contribution in [-0.2, 0) is 13.6 Å². The van der Waals surface area contributed by atoms with Crippen LogP contribution in [0.3, 0.4) is 0 Å². The lowest BCUT2D eigenvalue weighted by Gasteiger charge is -2.17. The number of carboxylic acids is 1. The van der Waals surface area contributed by atoms with Gasteiger partial charge in [0.1, 0.15) is 11.0 Å². The zero-order chi connectivity index (χ0) is 17.2. The molecule has 0 saturated heterocycles. The first-order valence-corrected chi connectivity index (χ1v) is 8.45. The number of hydrogen-bond acceptors (Lipinski definition) is 4. The number of hydrogen-bond donors (Lipinski definition) is 1. The van der Waals surface area contributed by atoms with E-state index in [9.17, 15) is 23.2 Å². The van der Waals surface area contributed by atoms with Gasteiger partial charge >= 0.3 is 20.1 Å². The molecule has 0 aliphatic rings. The Kier molecular flexibility index (Phi) is 5.19. The first-order valence-electron chi connectivity index (χ1n) is 6.91. The van der Waals surface area contributed by atoms with Gasteiger partial charge in [0, 0.05) is 5.39 Å². The SMILES string of the molecule is CCOP(=O)(OCC)c1c(C(=O)O)n(C(F)F)c2ccccc12. The van der Waals surface area contributed by atoms with E-state index >= 15 is 0 Å². The highest BCUT2D eigenvalue weighted by molar-refractivity contribution is 7.63. The number of carbonyl (C=O) groups is 1. The summed E-state index contributed by atoms with van der Waals surface area (Å²) in [5.41, 5.74) is -0.832. The Balaban J connectivity index is 2.94. The molecular formula is C14H16F2NO5P. The highest BCUT2D eigenvalue weighted by atomic mass is 31.2. The maximum Gasteiger partial charge on any atom is 0.364 e. The van der Waals surface area contributed by atoms with Crippen molar-refractivity contribution >= 4 is 29.8 Å². The number of fused-ring (bicyclic) bond motifs is 1. The molecule has 23 heavy (non-hydrogen) atoms. The van der Waals surface area contributed by atoms with Crippen LogP contribution in [0, 0.1) is 0 Å². The predicted octanol–water partition coefficient (Wildman–Crippen LogP) is 3.63. The van der Waals surface area contributed by atoms with Crippen molar-refractivity contribution in [3.05, 3.63) is 30.0 Å². The molecule has 1 aromatic carbocycles. The first kappa shape index (κ1) is 17.6.